The zero-order valence-corrected chi connectivity index (χ0v) is 12.7. The quantitative estimate of drug-likeness (QED) is 0.752. The summed E-state index contributed by atoms with van der Waals surface area (Å²) in [6.45, 7) is 4.56. The summed E-state index contributed by atoms with van der Waals surface area (Å²) in [7, 11) is 0. The van der Waals surface area contributed by atoms with Crippen LogP contribution in [0.4, 0.5) is 5.69 Å². The topological polar surface area (TPSA) is 3.24 Å². The van der Waals surface area contributed by atoms with Gasteiger partial charge in [0, 0.05) is 29.4 Å². The van der Waals surface area contributed by atoms with Gasteiger partial charge in [-0.05, 0) is 42.5 Å². The lowest BCUT2D eigenvalue weighted by Gasteiger charge is -2.33. The van der Waals surface area contributed by atoms with E-state index < -0.39 is 0 Å². The van der Waals surface area contributed by atoms with Crippen LogP contribution in [0, 0.1) is 0 Å². The number of halogens is 1. The monoisotopic (exact) mass is 285 g/mol. The van der Waals surface area contributed by atoms with Crippen molar-refractivity contribution in [2.75, 3.05) is 18.0 Å². The Bertz CT molecular complexity index is 589. The second-order valence-electron chi connectivity index (χ2n) is 5.41. The van der Waals surface area contributed by atoms with Crippen molar-refractivity contribution in [3.05, 3.63) is 53.1 Å². The summed E-state index contributed by atoms with van der Waals surface area (Å²) in [6, 6.07) is 14.9. The molecule has 0 atom stereocenters. The maximum Gasteiger partial charge on any atom is 0.0478 e. The molecule has 0 amide bonds. The first-order valence-electron chi connectivity index (χ1n) is 7.42. The van der Waals surface area contributed by atoms with Crippen molar-refractivity contribution in [1.29, 1.82) is 0 Å². The number of anilines is 1. The number of fused-ring (bicyclic) bond motifs is 1. The summed E-state index contributed by atoms with van der Waals surface area (Å²) in [4.78, 5) is 2.54. The Morgan fingerprint density at radius 3 is 2.65 bits per heavy atom. The second-order valence-corrected chi connectivity index (χ2v) is 5.85. The molecule has 0 N–H and O–H groups in total. The number of nitrogens with zero attached hydrogens (tertiary/aromatic N) is 1. The summed E-state index contributed by atoms with van der Waals surface area (Å²) in [5, 5.41) is 0.795. The van der Waals surface area contributed by atoms with E-state index in [0.29, 0.717) is 0 Å². The van der Waals surface area contributed by atoms with Crippen LogP contribution < -0.4 is 4.90 Å². The molecule has 2 aromatic rings. The minimum absolute atomic E-state index is 0.795. The van der Waals surface area contributed by atoms with Gasteiger partial charge in [-0.1, -0.05) is 48.9 Å². The number of hydrogen-bond acceptors (Lipinski definition) is 1. The Morgan fingerprint density at radius 1 is 1.10 bits per heavy atom. The van der Waals surface area contributed by atoms with Crippen molar-refractivity contribution in [2.45, 2.75) is 26.2 Å². The molecule has 1 aliphatic rings. The van der Waals surface area contributed by atoms with Crippen molar-refractivity contribution in [2.24, 2.45) is 0 Å². The Morgan fingerprint density at radius 2 is 1.90 bits per heavy atom. The second kappa shape index (κ2) is 5.88. The highest BCUT2D eigenvalue weighted by atomic mass is 35.5. The number of benzene rings is 2. The molecule has 104 valence electrons. The molecule has 1 aliphatic heterocycles. The third-order valence-corrected chi connectivity index (χ3v) is 4.21. The van der Waals surface area contributed by atoms with Crippen LogP contribution in [0.15, 0.2) is 42.5 Å². The summed E-state index contributed by atoms with van der Waals surface area (Å²) < 4.78 is 0. The molecule has 1 heterocycles. The number of aryl methyl sites for hydroxylation is 1. The van der Waals surface area contributed by atoms with Crippen LogP contribution >= 0.6 is 11.6 Å². The first-order valence-corrected chi connectivity index (χ1v) is 7.80. The van der Waals surface area contributed by atoms with Gasteiger partial charge in [-0.3, -0.25) is 0 Å². The van der Waals surface area contributed by atoms with E-state index in [2.05, 4.69) is 42.2 Å². The highest BCUT2D eigenvalue weighted by Gasteiger charge is 2.19. The summed E-state index contributed by atoms with van der Waals surface area (Å²) in [6.07, 6.45) is 3.64. The van der Waals surface area contributed by atoms with Gasteiger partial charge in [0.1, 0.15) is 0 Å². The lowest BCUT2D eigenvalue weighted by molar-refractivity contribution is 0.682. The normalized spacial score (nSPS) is 14.2. The number of hydrogen-bond donors (Lipinski definition) is 0. The Kier molecular flexibility index (Phi) is 3.98. The van der Waals surface area contributed by atoms with Crippen LogP contribution in [0.1, 0.15) is 25.3 Å². The van der Waals surface area contributed by atoms with Crippen molar-refractivity contribution in [1.82, 2.24) is 0 Å². The van der Waals surface area contributed by atoms with Crippen LogP contribution in [0.5, 0.6) is 0 Å². The first kappa shape index (κ1) is 13.5. The van der Waals surface area contributed by atoms with Crippen LogP contribution in [0.2, 0.25) is 5.02 Å². The molecular formula is C18H20ClN. The van der Waals surface area contributed by atoms with Gasteiger partial charge in [-0.25, -0.2) is 0 Å². The molecule has 0 bridgehead atoms. The van der Waals surface area contributed by atoms with Gasteiger partial charge in [-0.15, -0.1) is 0 Å². The molecule has 20 heavy (non-hydrogen) atoms. The van der Waals surface area contributed by atoms with Gasteiger partial charge in [0.15, 0.2) is 0 Å². The average Bonchev–Trinajstić information content (AvgIpc) is 2.48. The average molecular weight is 286 g/mol. The molecule has 0 saturated carbocycles. The van der Waals surface area contributed by atoms with Gasteiger partial charge in [0.2, 0.25) is 0 Å². The first-order chi connectivity index (χ1) is 9.79. The van der Waals surface area contributed by atoms with E-state index in [9.17, 15) is 0 Å². The zero-order valence-electron chi connectivity index (χ0n) is 11.9. The zero-order chi connectivity index (χ0) is 13.9. The Hall–Kier alpha value is -1.47. The van der Waals surface area contributed by atoms with Gasteiger partial charge >= 0.3 is 0 Å². The van der Waals surface area contributed by atoms with Crippen LogP contribution in [-0.2, 0) is 6.42 Å². The van der Waals surface area contributed by atoms with Gasteiger partial charge in [0.25, 0.3) is 0 Å². The molecule has 0 saturated heterocycles. The van der Waals surface area contributed by atoms with E-state index in [-0.39, 0.29) is 0 Å². The largest absolute Gasteiger partial charge is 0.371 e. The molecule has 0 unspecified atom stereocenters. The van der Waals surface area contributed by atoms with Gasteiger partial charge in [0.05, 0.1) is 0 Å². The maximum absolute atomic E-state index is 6.01. The summed E-state index contributed by atoms with van der Waals surface area (Å²) in [5.74, 6) is 0. The van der Waals surface area contributed by atoms with E-state index in [1.165, 1.54) is 48.2 Å². The smallest absolute Gasteiger partial charge is 0.0478 e. The molecule has 1 nitrogen and oxygen atoms in total. The van der Waals surface area contributed by atoms with Crippen molar-refractivity contribution >= 4 is 17.3 Å². The molecule has 3 rings (SSSR count). The molecule has 0 spiro atoms. The molecule has 2 aromatic carbocycles. The lowest BCUT2D eigenvalue weighted by atomic mass is 9.94. The third-order valence-electron chi connectivity index (χ3n) is 3.96. The highest BCUT2D eigenvalue weighted by Crippen LogP contribution is 2.37. The minimum Gasteiger partial charge on any atom is -0.371 e. The predicted molar refractivity (Wildman–Crippen MR) is 87.7 cm³/mol. The maximum atomic E-state index is 6.01. The third kappa shape index (κ3) is 2.55. The Labute approximate surface area is 126 Å². The summed E-state index contributed by atoms with van der Waals surface area (Å²) >= 11 is 6.01. The van der Waals surface area contributed by atoms with Gasteiger partial charge < -0.3 is 4.90 Å². The molecule has 0 radical (unpaired) electrons. The molecule has 0 aromatic heterocycles. The molecule has 2 heteroatoms. The summed E-state index contributed by atoms with van der Waals surface area (Å²) in [5.41, 5.74) is 5.52. The fraction of sp³-hybridized carbons (Fsp3) is 0.333. The number of rotatable bonds is 3. The SMILES string of the molecule is CCCN1CCCc2cccc(-c3ccc(Cl)cc3)c21. The fourth-order valence-corrected chi connectivity index (χ4v) is 3.22. The predicted octanol–water partition coefficient (Wildman–Crippen LogP) is 5.17. The van der Waals surface area contributed by atoms with E-state index in [1.54, 1.807) is 0 Å². The Balaban J connectivity index is 2.09. The van der Waals surface area contributed by atoms with Crippen LogP contribution in [0.25, 0.3) is 11.1 Å². The molecule has 0 aliphatic carbocycles. The van der Waals surface area contributed by atoms with Crippen molar-refractivity contribution < 1.29 is 0 Å². The molecule has 0 fully saturated rings. The van der Waals surface area contributed by atoms with E-state index in [0.717, 1.165) is 11.6 Å². The van der Waals surface area contributed by atoms with E-state index in [4.69, 9.17) is 11.6 Å². The van der Waals surface area contributed by atoms with Crippen molar-refractivity contribution in [3.63, 3.8) is 0 Å². The standard InChI is InChI=1S/C18H20ClN/c1-2-12-20-13-4-6-15-5-3-7-17(18(15)20)14-8-10-16(19)11-9-14/h3,5,7-11H,2,4,6,12-13H2,1H3. The van der Waals surface area contributed by atoms with Crippen molar-refractivity contribution in [3.8, 4) is 11.1 Å². The minimum atomic E-state index is 0.795. The van der Waals surface area contributed by atoms with E-state index >= 15 is 0 Å². The fourth-order valence-electron chi connectivity index (χ4n) is 3.09. The van der Waals surface area contributed by atoms with Crippen LogP contribution in [0.3, 0.4) is 0 Å². The lowest BCUT2D eigenvalue weighted by Crippen LogP contribution is -2.30. The van der Waals surface area contributed by atoms with E-state index in [1.807, 2.05) is 12.1 Å². The highest BCUT2D eigenvalue weighted by molar-refractivity contribution is 6.30. The van der Waals surface area contributed by atoms with Crippen LogP contribution in [-0.4, -0.2) is 13.1 Å². The van der Waals surface area contributed by atoms with Gasteiger partial charge in [-0.2, -0.15) is 0 Å². The molecular weight excluding hydrogens is 266 g/mol. The number of para-hydroxylation sites is 1.